The van der Waals surface area contributed by atoms with Gasteiger partial charge >= 0.3 is 0 Å². The fraction of sp³-hybridized carbons (Fsp3) is 0. The second-order valence-corrected chi connectivity index (χ2v) is 10.3. The molecule has 0 bridgehead atoms. The first kappa shape index (κ1) is 21.2. The Kier molecular flexibility index (Phi) is 4.33. The Morgan fingerprint density at radius 3 is 2.03 bits per heavy atom. The molecule has 5 nitrogen and oxygen atoms in total. The molecule has 0 radical (unpaired) electrons. The molecule has 180 valence electrons. The number of rotatable bonds is 1. The van der Waals surface area contributed by atoms with Crippen molar-refractivity contribution in [3.63, 3.8) is 0 Å². The Hall–Kier alpha value is -4.94. The van der Waals surface area contributed by atoms with Crippen LogP contribution in [0.5, 0.6) is 11.5 Å². The number of hydrogen-bond donors (Lipinski definition) is 0. The van der Waals surface area contributed by atoms with Gasteiger partial charge in [-0.2, -0.15) is 0 Å². The number of fused-ring (bicyclic) bond motifs is 6. The first-order valence-electron chi connectivity index (χ1n) is 12.2. The van der Waals surface area contributed by atoms with Crippen LogP contribution in [-0.4, -0.2) is 0 Å². The minimum atomic E-state index is -0.145. The molecule has 0 saturated heterocycles. The molecule has 6 heteroatoms. The Morgan fingerprint density at radius 2 is 1.24 bits per heavy atom. The number of benzene rings is 5. The summed E-state index contributed by atoms with van der Waals surface area (Å²) in [6.45, 7) is 0. The summed E-state index contributed by atoms with van der Waals surface area (Å²) >= 11 is 1.50. The van der Waals surface area contributed by atoms with E-state index in [1.807, 2.05) is 89.8 Å². The second kappa shape index (κ2) is 7.78. The zero-order valence-corrected chi connectivity index (χ0v) is 20.6. The molecule has 0 spiro atoms. The minimum Gasteiger partial charge on any atom is -0.456 e. The summed E-state index contributed by atoms with van der Waals surface area (Å²) in [5.74, 6) is 1.41. The molecule has 7 aromatic rings. The van der Waals surface area contributed by atoms with E-state index in [4.69, 9.17) is 9.15 Å². The van der Waals surface area contributed by atoms with E-state index in [1.165, 1.54) is 11.3 Å². The average molecular weight is 512 g/mol. The molecule has 0 fully saturated rings. The summed E-state index contributed by atoms with van der Waals surface area (Å²) < 4.78 is 14.1. The maximum atomic E-state index is 14.2. The van der Waals surface area contributed by atoms with E-state index in [2.05, 4.69) is 0 Å². The molecule has 8 rings (SSSR count). The molecule has 1 aliphatic heterocycles. The predicted octanol–water partition coefficient (Wildman–Crippen LogP) is 8.25. The Labute approximate surface area is 219 Å². The van der Waals surface area contributed by atoms with Crippen LogP contribution in [0.3, 0.4) is 0 Å². The van der Waals surface area contributed by atoms with Crippen LogP contribution in [-0.2, 0) is 0 Å². The maximum absolute atomic E-state index is 14.2. The molecule has 0 unspecified atom stereocenters. The lowest BCUT2D eigenvalue weighted by Gasteiger charge is -2.33. The van der Waals surface area contributed by atoms with Gasteiger partial charge in [0.2, 0.25) is 5.43 Å². The number of para-hydroxylation sites is 4. The molecule has 1 aliphatic rings. The van der Waals surface area contributed by atoms with Crippen molar-refractivity contribution >= 4 is 70.5 Å². The SMILES string of the molecule is O=c1c2ccccc2sc2cc3c(=O)c4c(N5c6ccccc6Oc6ccccc65)cccc4oc3cc12. The van der Waals surface area contributed by atoms with Crippen molar-refractivity contribution in [2.24, 2.45) is 0 Å². The minimum absolute atomic E-state index is 0.0609. The van der Waals surface area contributed by atoms with Gasteiger partial charge in [0, 0.05) is 20.2 Å². The molecule has 0 amide bonds. The predicted molar refractivity (Wildman–Crippen MR) is 154 cm³/mol. The van der Waals surface area contributed by atoms with Gasteiger partial charge in [-0.25, -0.2) is 0 Å². The van der Waals surface area contributed by atoms with Gasteiger partial charge in [0.25, 0.3) is 0 Å². The topological polar surface area (TPSA) is 59.8 Å². The van der Waals surface area contributed by atoms with Gasteiger partial charge < -0.3 is 14.1 Å². The average Bonchev–Trinajstić information content (AvgIpc) is 2.95. The smallest absolute Gasteiger partial charge is 0.202 e. The fourth-order valence-electron chi connectivity index (χ4n) is 5.33. The lowest BCUT2D eigenvalue weighted by Crippen LogP contribution is -2.18. The van der Waals surface area contributed by atoms with Crippen LogP contribution in [0.2, 0.25) is 0 Å². The van der Waals surface area contributed by atoms with Crippen LogP contribution in [0.15, 0.2) is 117 Å². The van der Waals surface area contributed by atoms with E-state index in [9.17, 15) is 9.59 Å². The van der Waals surface area contributed by atoms with Crippen molar-refractivity contribution in [1.29, 1.82) is 0 Å². The summed E-state index contributed by atoms with van der Waals surface area (Å²) in [5, 5.41) is 2.13. The van der Waals surface area contributed by atoms with E-state index in [0.29, 0.717) is 49.9 Å². The van der Waals surface area contributed by atoms with Crippen molar-refractivity contribution in [2.45, 2.75) is 0 Å². The Balaban J connectivity index is 1.47. The number of hydrogen-bond acceptors (Lipinski definition) is 6. The number of nitrogens with zero attached hydrogens (tertiary/aromatic N) is 1. The summed E-state index contributed by atoms with van der Waals surface area (Å²) in [6, 6.07) is 32.2. The van der Waals surface area contributed by atoms with Gasteiger partial charge in [0.15, 0.2) is 16.9 Å². The molecule has 0 saturated carbocycles. The van der Waals surface area contributed by atoms with Crippen molar-refractivity contribution in [1.82, 2.24) is 0 Å². The standard InChI is InChI=1S/C32H17NO4S/c34-31-18-8-1-6-15-28(18)38-29-17-19-27(16-20(29)31)37-26-14-7-11-23(30(26)32(19)35)33-21-9-2-4-12-24(21)36-25-13-5-3-10-22(25)33/h1-17H. The van der Waals surface area contributed by atoms with Crippen molar-refractivity contribution in [3.8, 4) is 11.5 Å². The molecule has 38 heavy (non-hydrogen) atoms. The highest BCUT2D eigenvalue weighted by Crippen LogP contribution is 2.51. The van der Waals surface area contributed by atoms with Crippen molar-refractivity contribution < 1.29 is 9.15 Å². The van der Waals surface area contributed by atoms with Gasteiger partial charge in [-0.05, 0) is 60.7 Å². The zero-order chi connectivity index (χ0) is 25.4. The monoisotopic (exact) mass is 511 g/mol. The first-order valence-corrected chi connectivity index (χ1v) is 13.0. The molecule has 0 N–H and O–H groups in total. The van der Waals surface area contributed by atoms with E-state index in [1.54, 1.807) is 18.2 Å². The fourth-order valence-corrected chi connectivity index (χ4v) is 6.42. The number of anilines is 3. The highest BCUT2D eigenvalue weighted by atomic mass is 32.1. The van der Waals surface area contributed by atoms with Gasteiger partial charge in [-0.1, -0.05) is 42.5 Å². The molecule has 3 heterocycles. The van der Waals surface area contributed by atoms with Crippen molar-refractivity contribution in [2.75, 3.05) is 4.90 Å². The van der Waals surface area contributed by atoms with Crippen LogP contribution in [0.25, 0.3) is 42.1 Å². The first-order chi connectivity index (χ1) is 18.7. The lowest BCUT2D eigenvalue weighted by atomic mass is 10.1. The quantitative estimate of drug-likeness (QED) is 0.208. The Bertz CT molecular complexity index is 2190. The second-order valence-electron chi connectivity index (χ2n) is 9.23. The van der Waals surface area contributed by atoms with E-state index in [-0.39, 0.29) is 10.9 Å². The highest BCUT2D eigenvalue weighted by molar-refractivity contribution is 7.24. The molecule has 5 aromatic carbocycles. The maximum Gasteiger partial charge on any atom is 0.202 e. The summed E-state index contributed by atoms with van der Waals surface area (Å²) in [6.07, 6.45) is 0. The van der Waals surface area contributed by atoms with Gasteiger partial charge in [-0.15, -0.1) is 11.3 Å². The molecular weight excluding hydrogens is 494 g/mol. The van der Waals surface area contributed by atoms with Gasteiger partial charge in [-0.3, -0.25) is 9.59 Å². The van der Waals surface area contributed by atoms with Gasteiger partial charge in [0.1, 0.15) is 11.2 Å². The third kappa shape index (κ3) is 2.92. The largest absolute Gasteiger partial charge is 0.456 e. The summed E-state index contributed by atoms with van der Waals surface area (Å²) in [5.41, 5.74) is 3.02. The Morgan fingerprint density at radius 1 is 0.553 bits per heavy atom. The van der Waals surface area contributed by atoms with Crippen LogP contribution >= 0.6 is 11.3 Å². The summed E-state index contributed by atoms with van der Waals surface area (Å²) in [4.78, 5) is 29.5. The number of ether oxygens (including phenoxy) is 1. The van der Waals surface area contributed by atoms with Gasteiger partial charge in [0.05, 0.1) is 27.8 Å². The van der Waals surface area contributed by atoms with Crippen LogP contribution in [0.1, 0.15) is 0 Å². The van der Waals surface area contributed by atoms with Crippen molar-refractivity contribution in [3.05, 3.63) is 124 Å². The molecular formula is C32H17NO4S. The van der Waals surface area contributed by atoms with Crippen LogP contribution in [0.4, 0.5) is 17.1 Å². The summed E-state index contributed by atoms with van der Waals surface area (Å²) in [7, 11) is 0. The van der Waals surface area contributed by atoms with E-state index >= 15 is 0 Å². The molecule has 0 atom stereocenters. The molecule has 0 aliphatic carbocycles. The zero-order valence-electron chi connectivity index (χ0n) is 19.8. The normalized spacial score (nSPS) is 12.6. The lowest BCUT2D eigenvalue weighted by molar-refractivity contribution is 0.477. The van der Waals surface area contributed by atoms with Crippen LogP contribution < -0.4 is 20.5 Å². The van der Waals surface area contributed by atoms with E-state index in [0.717, 1.165) is 20.8 Å². The molecule has 2 aromatic heterocycles. The third-order valence-electron chi connectivity index (χ3n) is 7.05. The third-order valence-corrected chi connectivity index (χ3v) is 8.18. The van der Waals surface area contributed by atoms with E-state index < -0.39 is 0 Å². The van der Waals surface area contributed by atoms with Crippen LogP contribution in [0, 0.1) is 0 Å². The highest BCUT2D eigenvalue weighted by Gasteiger charge is 2.28.